The second-order valence-electron chi connectivity index (χ2n) is 5.57. The number of rotatable bonds is 8. The highest BCUT2D eigenvalue weighted by atomic mass is 16.4. The van der Waals surface area contributed by atoms with Gasteiger partial charge >= 0.3 is 12.0 Å². The van der Waals surface area contributed by atoms with Gasteiger partial charge in [-0.3, -0.25) is 4.79 Å². The molecule has 2 amide bonds. The molecular formula is C14H26N2O3. The molecule has 1 unspecified atom stereocenters. The van der Waals surface area contributed by atoms with Crippen molar-refractivity contribution in [1.29, 1.82) is 0 Å². The van der Waals surface area contributed by atoms with Gasteiger partial charge in [0.1, 0.15) is 0 Å². The van der Waals surface area contributed by atoms with Gasteiger partial charge in [-0.25, -0.2) is 4.79 Å². The van der Waals surface area contributed by atoms with Gasteiger partial charge in [-0.2, -0.15) is 0 Å². The van der Waals surface area contributed by atoms with E-state index < -0.39 is 5.97 Å². The summed E-state index contributed by atoms with van der Waals surface area (Å²) >= 11 is 0. The highest BCUT2D eigenvalue weighted by molar-refractivity contribution is 5.76. The minimum absolute atomic E-state index is 0.0513. The lowest BCUT2D eigenvalue weighted by Gasteiger charge is -2.39. The monoisotopic (exact) mass is 270 g/mol. The second kappa shape index (κ2) is 8.02. The lowest BCUT2D eigenvalue weighted by molar-refractivity contribution is -0.139. The van der Waals surface area contributed by atoms with Crippen LogP contribution in [-0.2, 0) is 4.79 Å². The molecule has 19 heavy (non-hydrogen) atoms. The summed E-state index contributed by atoms with van der Waals surface area (Å²) < 4.78 is 0. The van der Waals surface area contributed by atoms with Crippen molar-refractivity contribution in [2.45, 2.75) is 58.4 Å². The molecule has 1 aliphatic rings. The lowest BCUT2D eigenvalue weighted by atomic mass is 9.97. The molecule has 0 radical (unpaired) electrons. The number of carbonyl (C=O) groups is 2. The Morgan fingerprint density at radius 1 is 1.32 bits per heavy atom. The van der Waals surface area contributed by atoms with Crippen LogP contribution in [0.25, 0.3) is 0 Å². The number of nitrogens with zero attached hydrogens (tertiary/aromatic N) is 1. The van der Waals surface area contributed by atoms with Crippen LogP contribution in [-0.4, -0.2) is 41.1 Å². The Balaban J connectivity index is 2.09. The summed E-state index contributed by atoms with van der Waals surface area (Å²) in [7, 11) is 0. The fraction of sp³-hybridized carbons (Fsp3) is 0.857. The molecule has 0 aromatic carbocycles. The van der Waals surface area contributed by atoms with Crippen molar-refractivity contribution in [3.05, 3.63) is 0 Å². The molecule has 2 N–H and O–H groups in total. The van der Waals surface area contributed by atoms with Gasteiger partial charge in [-0.05, 0) is 13.3 Å². The maximum atomic E-state index is 11.8. The van der Waals surface area contributed by atoms with Crippen LogP contribution in [0.3, 0.4) is 0 Å². The number of urea groups is 1. The maximum Gasteiger partial charge on any atom is 0.317 e. The fourth-order valence-electron chi connectivity index (χ4n) is 2.36. The molecule has 0 aromatic rings. The summed E-state index contributed by atoms with van der Waals surface area (Å²) in [5.41, 5.74) is 0. The van der Waals surface area contributed by atoms with Crippen LogP contribution in [0.2, 0.25) is 0 Å². The number of nitrogens with one attached hydrogen (secondary N) is 1. The number of carboxylic acids is 1. The maximum absolute atomic E-state index is 11.8. The van der Waals surface area contributed by atoms with Crippen LogP contribution in [0, 0.1) is 5.92 Å². The minimum Gasteiger partial charge on any atom is -0.481 e. The Bertz CT molecular complexity index is 301. The minimum atomic E-state index is -0.783. The summed E-state index contributed by atoms with van der Waals surface area (Å²) in [4.78, 5) is 24.0. The zero-order valence-corrected chi connectivity index (χ0v) is 12.0. The first-order valence-corrected chi connectivity index (χ1v) is 7.30. The first-order valence-electron chi connectivity index (χ1n) is 7.30. The van der Waals surface area contributed by atoms with E-state index in [0.29, 0.717) is 13.1 Å². The van der Waals surface area contributed by atoms with Crippen LogP contribution < -0.4 is 5.32 Å². The third kappa shape index (κ3) is 5.94. The van der Waals surface area contributed by atoms with E-state index in [1.54, 1.807) is 4.90 Å². The molecular weight excluding hydrogens is 244 g/mol. The fourth-order valence-corrected chi connectivity index (χ4v) is 2.36. The van der Waals surface area contributed by atoms with Gasteiger partial charge in [0, 0.05) is 25.0 Å². The number of likely N-dealkylation sites (tertiary alicyclic amines) is 1. The van der Waals surface area contributed by atoms with E-state index >= 15 is 0 Å². The van der Waals surface area contributed by atoms with E-state index in [9.17, 15) is 9.59 Å². The number of aliphatic carboxylic acids is 1. The Hall–Kier alpha value is -1.26. The van der Waals surface area contributed by atoms with Gasteiger partial charge < -0.3 is 15.3 Å². The molecule has 0 spiro atoms. The Kier molecular flexibility index (Phi) is 6.67. The van der Waals surface area contributed by atoms with Crippen LogP contribution >= 0.6 is 0 Å². The smallest absolute Gasteiger partial charge is 0.317 e. The van der Waals surface area contributed by atoms with Gasteiger partial charge in [-0.1, -0.05) is 32.6 Å². The van der Waals surface area contributed by atoms with E-state index in [1.807, 2.05) is 6.92 Å². The molecule has 5 nitrogen and oxygen atoms in total. The molecule has 0 bridgehead atoms. The number of unbranched alkanes of at least 4 members (excludes halogenated alkanes) is 3. The molecule has 5 heteroatoms. The molecule has 0 aromatic heterocycles. The van der Waals surface area contributed by atoms with Crippen molar-refractivity contribution in [2.75, 3.05) is 13.1 Å². The van der Waals surface area contributed by atoms with Crippen LogP contribution in [0.15, 0.2) is 0 Å². The van der Waals surface area contributed by atoms with Crippen molar-refractivity contribution < 1.29 is 14.7 Å². The summed E-state index contributed by atoms with van der Waals surface area (Å²) in [5.74, 6) is -0.655. The predicted molar refractivity (Wildman–Crippen MR) is 74.1 cm³/mol. The first-order chi connectivity index (χ1) is 9.02. The van der Waals surface area contributed by atoms with Gasteiger partial charge in [0.25, 0.3) is 0 Å². The normalized spacial score (nSPS) is 16.8. The summed E-state index contributed by atoms with van der Waals surface area (Å²) in [5, 5.41) is 11.6. The highest BCUT2D eigenvalue weighted by Gasteiger charge is 2.32. The molecule has 1 rings (SSSR count). The van der Waals surface area contributed by atoms with Gasteiger partial charge in [-0.15, -0.1) is 0 Å². The average Bonchev–Trinajstić information content (AvgIpc) is 2.28. The second-order valence-corrected chi connectivity index (χ2v) is 5.57. The van der Waals surface area contributed by atoms with Crippen molar-refractivity contribution in [2.24, 2.45) is 5.92 Å². The molecule has 1 aliphatic heterocycles. The van der Waals surface area contributed by atoms with E-state index in [4.69, 9.17) is 5.11 Å². The largest absolute Gasteiger partial charge is 0.481 e. The molecule has 1 saturated heterocycles. The van der Waals surface area contributed by atoms with Crippen molar-refractivity contribution in [3.8, 4) is 0 Å². The Labute approximate surface area is 115 Å². The molecule has 1 fully saturated rings. The van der Waals surface area contributed by atoms with Crippen molar-refractivity contribution >= 4 is 12.0 Å². The zero-order valence-electron chi connectivity index (χ0n) is 12.0. The molecule has 0 saturated carbocycles. The Morgan fingerprint density at radius 3 is 2.58 bits per heavy atom. The van der Waals surface area contributed by atoms with Gasteiger partial charge in [0.2, 0.25) is 0 Å². The highest BCUT2D eigenvalue weighted by Crippen LogP contribution is 2.19. The Morgan fingerprint density at radius 2 is 2.00 bits per heavy atom. The summed E-state index contributed by atoms with van der Waals surface area (Å²) in [6.45, 7) is 5.35. The summed E-state index contributed by atoms with van der Waals surface area (Å²) in [6, 6.07) is 0.146. The van der Waals surface area contributed by atoms with Gasteiger partial charge in [0.15, 0.2) is 0 Å². The third-order valence-electron chi connectivity index (χ3n) is 3.57. The lowest BCUT2D eigenvalue weighted by Crippen LogP contribution is -2.55. The van der Waals surface area contributed by atoms with E-state index in [0.717, 1.165) is 12.8 Å². The standard InChI is InChI=1S/C14H26N2O3/c1-3-4-5-6-7-11(2)15-14(19)16-9-12(10-16)8-13(17)18/h11-12H,3-10H2,1-2H3,(H,15,19)(H,17,18). The number of carboxylic acid groups (broad SMARTS) is 1. The van der Waals surface area contributed by atoms with Gasteiger partial charge in [0.05, 0.1) is 6.42 Å². The molecule has 1 heterocycles. The first kappa shape index (κ1) is 15.8. The quantitative estimate of drug-likeness (QED) is 0.666. The zero-order chi connectivity index (χ0) is 14.3. The molecule has 1 atom stereocenters. The SMILES string of the molecule is CCCCCCC(C)NC(=O)N1CC(CC(=O)O)C1. The topological polar surface area (TPSA) is 69.6 Å². The number of hydrogen-bond donors (Lipinski definition) is 2. The molecule has 0 aliphatic carbocycles. The van der Waals surface area contributed by atoms with E-state index in [1.165, 1.54) is 19.3 Å². The van der Waals surface area contributed by atoms with Crippen molar-refractivity contribution in [1.82, 2.24) is 10.2 Å². The van der Waals surface area contributed by atoms with Crippen molar-refractivity contribution in [3.63, 3.8) is 0 Å². The average molecular weight is 270 g/mol. The molecule has 110 valence electrons. The summed E-state index contributed by atoms with van der Waals surface area (Å²) in [6.07, 6.45) is 6.02. The predicted octanol–water partition coefficient (Wildman–Crippen LogP) is 2.46. The number of hydrogen-bond acceptors (Lipinski definition) is 2. The third-order valence-corrected chi connectivity index (χ3v) is 3.57. The van der Waals surface area contributed by atoms with Crippen LogP contribution in [0.5, 0.6) is 0 Å². The van der Waals surface area contributed by atoms with E-state index in [-0.39, 0.29) is 24.4 Å². The van der Waals surface area contributed by atoms with E-state index in [2.05, 4.69) is 12.2 Å². The van der Waals surface area contributed by atoms with Crippen LogP contribution in [0.1, 0.15) is 52.4 Å². The number of amides is 2. The number of carbonyl (C=O) groups excluding carboxylic acids is 1. The van der Waals surface area contributed by atoms with Crippen LogP contribution in [0.4, 0.5) is 4.79 Å².